The zero-order valence-corrected chi connectivity index (χ0v) is 11.8. The summed E-state index contributed by atoms with van der Waals surface area (Å²) in [6.07, 6.45) is 0.0630. The standard InChI is InChI=1S/C15H14N2O2S/c1-12-7-9-14(10-8-12)20(18,19)15(17-16)11-13-5-3-2-4-6-13/h2-10H,11H2,1H3. The van der Waals surface area contributed by atoms with E-state index in [0.717, 1.165) is 11.1 Å². The lowest BCUT2D eigenvalue weighted by Crippen LogP contribution is -2.19. The van der Waals surface area contributed by atoms with Crippen molar-refractivity contribution in [3.8, 4) is 0 Å². The van der Waals surface area contributed by atoms with Gasteiger partial charge in [0.25, 0.3) is 9.84 Å². The van der Waals surface area contributed by atoms with E-state index in [2.05, 4.69) is 4.79 Å². The minimum Gasteiger partial charge on any atom is -0.360 e. The normalized spacial score (nSPS) is 10.8. The summed E-state index contributed by atoms with van der Waals surface area (Å²) < 4.78 is 24.8. The number of hydrogen-bond acceptors (Lipinski definition) is 2. The van der Waals surface area contributed by atoms with E-state index >= 15 is 0 Å². The van der Waals surface area contributed by atoms with Crippen LogP contribution in [0.5, 0.6) is 0 Å². The highest BCUT2D eigenvalue weighted by molar-refractivity contribution is 8.06. The highest BCUT2D eigenvalue weighted by Crippen LogP contribution is 2.15. The molecule has 0 unspecified atom stereocenters. The van der Waals surface area contributed by atoms with Gasteiger partial charge in [0.05, 0.1) is 11.3 Å². The van der Waals surface area contributed by atoms with Crippen molar-refractivity contribution in [3.63, 3.8) is 0 Å². The summed E-state index contributed by atoms with van der Waals surface area (Å²) in [5.74, 6) is 0. The molecule has 102 valence electrons. The lowest BCUT2D eigenvalue weighted by Gasteiger charge is -2.01. The second-order valence-corrected chi connectivity index (χ2v) is 6.42. The summed E-state index contributed by atoms with van der Waals surface area (Å²) >= 11 is 0. The molecule has 0 aliphatic carbocycles. The van der Waals surface area contributed by atoms with Crippen LogP contribution in [0.15, 0.2) is 59.5 Å². The Labute approximate surface area is 118 Å². The molecule has 2 aromatic carbocycles. The molecule has 0 amide bonds. The summed E-state index contributed by atoms with van der Waals surface area (Å²) in [6.45, 7) is 1.88. The Bertz CT molecular complexity index is 744. The van der Waals surface area contributed by atoms with E-state index in [1.165, 1.54) is 12.1 Å². The minimum absolute atomic E-state index is 0.0630. The lowest BCUT2D eigenvalue weighted by atomic mass is 10.2. The molecule has 0 saturated heterocycles. The lowest BCUT2D eigenvalue weighted by molar-refractivity contribution is -0.00260. The van der Waals surface area contributed by atoms with Gasteiger partial charge in [-0.1, -0.05) is 48.0 Å². The third-order valence-electron chi connectivity index (χ3n) is 2.95. The molecule has 0 aromatic heterocycles. The van der Waals surface area contributed by atoms with E-state index in [1.54, 1.807) is 24.3 Å². The van der Waals surface area contributed by atoms with Gasteiger partial charge in [0.15, 0.2) is 0 Å². The molecule has 0 fully saturated rings. The highest BCUT2D eigenvalue weighted by Gasteiger charge is 2.30. The highest BCUT2D eigenvalue weighted by atomic mass is 32.2. The van der Waals surface area contributed by atoms with Gasteiger partial charge in [-0.05, 0) is 24.6 Å². The van der Waals surface area contributed by atoms with Crippen LogP contribution < -0.4 is 0 Å². The van der Waals surface area contributed by atoms with E-state index < -0.39 is 9.84 Å². The van der Waals surface area contributed by atoms with Gasteiger partial charge in [-0.2, -0.15) is 4.79 Å². The fourth-order valence-corrected chi connectivity index (χ4v) is 3.04. The molecule has 2 aromatic rings. The van der Waals surface area contributed by atoms with E-state index in [-0.39, 0.29) is 16.4 Å². The number of nitrogens with zero attached hydrogens (tertiary/aromatic N) is 2. The molecule has 0 spiro atoms. The quantitative estimate of drug-likeness (QED) is 0.376. The number of benzene rings is 2. The van der Waals surface area contributed by atoms with Gasteiger partial charge in [0.1, 0.15) is 0 Å². The van der Waals surface area contributed by atoms with Gasteiger partial charge < -0.3 is 5.53 Å². The van der Waals surface area contributed by atoms with E-state index in [9.17, 15) is 8.42 Å². The van der Waals surface area contributed by atoms with Gasteiger partial charge in [-0.15, -0.1) is 0 Å². The Morgan fingerprint density at radius 2 is 1.65 bits per heavy atom. The first kappa shape index (κ1) is 14.2. The summed E-state index contributed by atoms with van der Waals surface area (Å²) in [7, 11) is -3.77. The van der Waals surface area contributed by atoms with Crippen molar-refractivity contribution < 1.29 is 13.2 Å². The summed E-state index contributed by atoms with van der Waals surface area (Å²) in [4.78, 5) is 3.11. The first-order chi connectivity index (χ1) is 9.54. The number of aryl methyl sites for hydroxylation is 1. The molecule has 2 rings (SSSR count). The molecule has 0 aliphatic rings. The fourth-order valence-electron chi connectivity index (χ4n) is 1.81. The van der Waals surface area contributed by atoms with Crippen LogP contribution in [0.4, 0.5) is 0 Å². The third kappa shape index (κ3) is 3.02. The average Bonchev–Trinajstić information content (AvgIpc) is 2.46. The topological polar surface area (TPSA) is 70.5 Å². The number of rotatable bonds is 3. The Morgan fingerprint density at radius 1 is 1.05 bits per heavy atom. The fraction of sp³-hybridized carbons (Fsp3) is 0.133. The molecule has 0 aliphatic heterocycles. The third-order valence-corrected chi connectivity index (χ3v) is 4.69. The van der Waals surface area contributed by atoms with Crippen LogP contribution in [0.2, 0.25) is 0 Å². The number of sulfone groups is 1. The van der Waals surface area contributed by atoms with Crippen LogP contribution >= 0.6 is 0 Å². The van der Waals surface area contributed by atoms with Gasteiger partial charge in [-0.25, -0.2) is 8.42 Å². The van der Waals surface area contributed by atoms with Crippen molar-refractivity contribution in [2.24, 2.45) is 0 Å². The van der Waals surface area contributed by atoms with Gasteiger partial charge >= 0.3 is 5.04 Å². The smallest absolute Gasteiger partial charge is 0.360 e. The zero-order valence-electron chi connectivity index (χ0n) is 11.0. The minimum atomic E-state index is -3.77. The van der Waals surface area contributed by atoms with E-state index in [1.807, 2.05) is 25.1 Å². The summed E-state index contributed by atoms with van der Waals surface area (Å²) in [5.41, 5.74) is 10.8. The van der Waals surface area contributed by atoms with Crippen LogP contribution in [0.1, 0.15) is 11.1 Å². The molecule has 0 atom stereocenters. The van der Waals surface area contributed by atoms with Crippen molar-refractivity contribution in [2.45, 2.75) is 18.2 Å². The van der Waals surface area contributed by atoms with Crippen LogP contribution in [-0.2, 0) is 16.3 Å². The van der Waals surface area contributed by atoms with Gasteiger partial charge in [0.2, 0.25) is 0 Å². The second kappa shape index (κ2) is 5.82. The molecule has 0 bridgehead atoms. The molecule has 0 heterocycles. The van der Waals surface area contributed by atoms with Crippen molar-refractivity contribution in [3.05, 3.63) is 71.3 Å². The maximum absolute atomic E-state index is 12.4. The Balaban J connectivity index is 2.36. The first-order valence-corrected chi connectivity index (χ1v) is 7.59. The average molecular weight is 286 g/mol. The number of hydrogen-bond donors (Lipinski definition) is 0. The van der Waals surface area contributed by atoms with Gasteiger partial charge in [-0.3, -0.25) is 0 Å². The van der Waals surface area contributed by atoms with Crippen LogP contribution in [0.25, 0.3) is 5.53 Å². The largest absolute Gasteiger partial charge is 0.390 e. The Kier molecular flexibility index (Phi) is 4.13. The van der Waals surface area contributed by atoms with Crippen molar-refractivity contribution in [1.29, 1.82) is 0 Å². The SMILES string of the molecule is Cc1ccc(S(=O)(=O)C(Cc2ccccc2)=[N+]=[N-])cc1. The van der Waals surface area contributed by atoms with Crippen LogP contribution in [-0.4, -0.2) is 18.3 Å². The van der Waals surface area contributed by atoms with Gasteiger partial charge in [0, 0.05) is 0 Å². The first-order valence-electron chi connectivity index (χ1n) is 6.10. The van der Waals surface area contributed by atoms with Crippen molar-refractivity contribution >= 4 is 14.9 Å². The molecule has 4 nitrogen and oxygen atoms in total. The zero-order chi connectivity index (χ0) is 14.6. The van der Waals surface area contributed by atoms with Crippen LogP contribution in [0.3, 0.4) is 0 Å². The van der Waals surface area contributed by atoms with E-state index in [0.29, 0.717) is 0 Å². The second-order valence-electron chi connectivity index (χ2n) is 4.47. The summed E-state index contributed by atoms with van der Waals surface area (Å²) in [5, 5.41) is -0.257. The summed E-state index contributed by atoms with van der Waals surface area (Å²) in [6, 6.07) is 15.5. The molecule has 5 heteroatoms. The van der Waals surface area contributed by atoms with Crippen molar-refractivity contribution in [2.75, 3.05) is 0 Å². The monoisotopic (exact) mass is 286 g/mol. The maximum Gasteiger partial charge on any atom is 0.390 e. The Morgan fingerprint density at radius 3 is 2.20 bits per heavy atom. The predicted octanol–water partition coefficient (Wildman–Crippen LogP) is 2.64. The molecule has 0 N–H and O–H groups in total. The molecule has 0 radical (unpaired) electrons. The predicted molar refractivity (Wildman–Crippen MR) is 77.1 cm³/mol. The van der Waals surface area contributed by atoms with Crippen LogP contribution in [0, 0.1) is 6.92 Å². The molecular weight excluding hydrogens is 272 g/mol. The van der Waals surface area contributed by atoms with Crippen molar-refractivity contribution in [1.82, 2.24) is 0 Å². The molecule has 0 saturated carbocycles. The Hall–Kier alpha value is -2.23. The van der Waals surface area contributed by atoms with E-state index in [4.69, 9.17) is 5.53 Å². The molecular formula is C15H14N2O2S. The maximum atomic E-state index is 12.4. The molecule has 20 heavy (non-hydrogen) atoms.